The van der Waals surface area contributed by atoms with E-state index >= 15 is 0 Å². The first-order valence-corrected chi connectivity index (χ1v) is 6.40. The molecular formula is C12H20N4O3. The lowest BCUT2D eigenvalue weighted by Gasteiger charge is -2.26. The normalized spacial score (nSPS) is 23.4. The number of aromatic nitrogens is 3. The average Bonchev–Trinajstić information content (AvgIpc) is 2.96. The van der Waals surface area contributed by atoms with Crippen molar-refractivity contribution < 1.29 is 14.6 Å². The summed E-state index contributed by atoms with van der Waals surface area (Å²) < 4.78 is 7.13. The molecule has 0 radical (unpaired) electrons. The van der Waals surface area contributed by atoms with Gasteiger partial charge in [-0.15, -0.1) is 0 Å². The molecule has 0 aromatic carbocycles. The van der Waals surface area contributed by atoms with Gasteiger partial charge in [0.1, 0.15) is 12.2 Å². The molecule has 19 heavy (non-hydrogen) atoms. The first-order chi connectivity index (χ1) is 9.00. The molecule has 2 atom stereocenters. The second kappa shape index (κ2) is 5.66. The van der Waals surface area contributed by atoms with Gasteiger partial charge >= 0.3 is 5.97 Å². The summed E-state index contributed by atoms with van der Waals surface area (Å²) in [4.78, 5) is 17.4. The van der Waals surface area contributed by atoms with Crippen LogP contribution in [0.2, 0.25) is 0 Å². The molecule has 0 aliphatic carbocycles. The van der Waals surface area contributed by atoms with Crippen LogP contribution in [0.4, 0.5) is 0 Å². The van der Waals surface area contributed by atoms with Crippen molar-refractivity contribution in [3.63, 3.8) is 0 Å². The Hall–Kier alpha value is -1.47. The summed E-state index contributed by atoms with van der Waals surface area (Å²) in [5.41, 5.74) is 0. The molecule has 7 nitrogen and oxygen atoms in total. The minimum atomic E-state index is -0.806. The highest BCUT2D eigenvalue weighted by Crippen LogP contribution is 2.20. The van der Waals surface area contributed by atoms with Crippen LogP contribution in [0.25, 0.3) is 0 Å². The fourth-order valence-electron chi connectivity index (χ4n) is 2.37. The summed E-state index contributed by atoms with van der Waals surface area (Å²) in [6, 6.07) is 0.121. The molecule has 106 valence electrons. The van der Waals surface area contributed by atoms with E-state index in [9.17, 15) is 4.79 Å². The third-order valence-electron chi connectivity index (χ3n) is 3.46. The van der Waals surface area contributed by atoms with Gasteiger partial charge in [0.05, 0.1) is 25.7 Å². The number of aliphatic carboxylic acids is 1. The second-order valence-electron chi connectivity index (χ2n) is 5.18. The second-order valence-corrected chi connectivity index (χ2v) is 5.18. The fraction of sp³-hybridized carbons (Fsp3) is 0.750. The van der Waals surface area contributed by atoms with E-state index in [2.05, 4.69) is 10.1 Å². The van der Waals surface area contributed by atoms with Gasteiger partial charge in [0, 0.05) is 12.1 Å². The van der Waals surface area contributed by atoms with Crippen molar-refractivity contribution in [2.45, 2.75) is 32.5 Å². The third kappa shape index (κ3) is 2.93. The monoisotopic (exact) mass is 268 g/mol. The Balaban J connectivity index is 2.06. The average molecular weight is 268 g/mol. The van der Waals surface area contributed by atoms with Crippen molar-refractivity contribution in [2.24, 2.45) is 5.92 Å². The molecule has 1 fully saturated rings. The molecule has 1 saturated heterocycles. The zero-order chi connectivity index (χ0) is 14.0. The van der Waals surface area contributed by atoms with E-state index in [1.54, 1.807) is 0 Å². The van der Waals surface area contributed by atoms with Crippen molar-refractivity contribution >= 4 is 5.97 Å². The largest absolute Gasteiger partial charge is 0.481 e. The van der Waals surface area contributed by atoms with Gasteiger partial charge in [-0.1, -0.05) is 0 Å². The van der Waals surface area contributed by atoms with Gasteiger partial charge in [-0.25, -0.2) is 9.67 Å². The van der Waals surface area contributed by atoms with E-state index in [1.165, 1.54) is 6.33 Å². The van der Waals surface area contributed by atoms with E-state index in [1.807, 2.05) is 30.5 Å². The number of rotatable bonds is 5. The number of hydrogen-bond acceptors (Lipinski definition) is 5. The molecule has 0 bridgehead atoms. The number of ether oxygens (including phenoxy) is 1. The number of carbonyl (C=O) groups is 1. The summed E-state index contributed by atoms with van der Waals surface area (Å²) in [5, 5.41) is 13.3. The van der Waals surface area contributed by atoms with Crippen LogP contribution >= 0.6 is 0 Å². The number of carboxylic acids is 1. The van der Waals surface area contributed by atoms with E-state index < -0.39 is 11.9 Å². The Labute approximate surface area is 112 Å². The first kappa shape index (κ1) is 14.0. The van der Waals surface area contributed by atoms with Gasteiger partial charge in [-0.05, 0) is 20.9 Å². The van der Waals surface area contributed by atoms with E-state index in [4.69, 9.17) is 9.84 Å². The van der Waals surface area contributed by atoms with Gasteiger partial charge < -0.3 is 9.84 Å². The van der Waals surface area contributed by atoms with Crippen LogP contribution in [-0.2, 0) is 16.1 Å². The molecule has 2 heterocycles. The predicted octanol–water partition coefficient (Wildman–Crippen LogP) is 0.390. The third-order valence-corrected chi connectivity index (χ3v) is 3.46. The SMILES string of the molecule is CC(C)n1ncnc1CN(C)C1COCC1C(=O)O. The summed E-state index contributed by atoms with van der Waals surface area (Å²) in [6.45, 7) is 5.37. The van der Waals surface area contributed by atoms with Crippen LogP contribution in [0, 0.1) is 5.92 Å². The van der Waals surface area contributed by atoms with Crippen molar-refractivity contribution in [1.29, 1.82) is 0 Å². The Morgan fingerprint density at radius 2 is 2.37 bits per heavy atom. The summed E-state index contributed by atoms with van der Waals surface area (Å²) >= 11 is 0. The Kier molecular flexibility index (Phi) is 4.16. The maximum Gasteiger partial charge on any atom is 0.310 e. The highest BCUT2D eigenvalue weighted by Gasteiger charge is 2.36. The maximum atomic E-state index is 11.2. The molecular weight excluding hydrogens is 248 g/mol. The van der Waals surface area contributed by atoms with Gasteiger partial charge in [0.2, 0.25) is 0 Å². The zero-order valence-electron chi connectivity index (χ0n) is 11.5. The van der Waals surface area contributed by atoms with Crippen LogP contribution < -0.4 is 0 Å². The molecule has 0 spiro atoms. The number of hydrogen-bond donors (Lipinski definition) is 1. The van der Waals surface area contributed by atoms with Gasteiger partial charge in [0.15, 0.2) is 0 Å². The highest BCUT2D eigenvalue weighted by atomic mass is 16.5. The van der Waals surface area contributed by atoms with Gasteiger partial charge in [-0.3, -0.25) is 9.69 Å². The van der Waals surface area contributed by atoms with E-state index in [0.29, 0.717) is 13.2 Å². The Morgan fingerprint density at radius 3 is 3.00 bits per heavy atom. The Morgan fingerprint density at radius 1 is 1.63 bits per heavy atom. The molecule has 0 saturated carbocycles. The van der Waals surface area contributed by atoms with Crippen molar-refractivity contribution in [1.82, 2.24) is 19.7 Å². The van der Waals surface area contributed by atoms with E-state index in [-0.39, 0.29) is 18.7 Å². The minimum Gasteiger partial charge on any atom is -0.481 e. The highest BCUT2D eigenvalue weighted by molar-refractivity contribution is 5.71. The lowest BCUT2D eigenvalue weighted by atomic mass is 10.0. The van der Waals surface area contributed by atoms with E-state index in [0.717, 1.165) is 5.82 Å². The molecule has 0 amide bonds. The molecule has 1 aromatic heterocycles. The van der Waals surface area contributed by atoms with Crippen LogP contribution in [0.1, 0.15) is 25.7 Å². The summed E-state index contributed by atoms with van der Waals surface area (Å²) in [7, 11) is 1.90. The summed E-state index contributed by atoms with van der Waals surface area (Å²) in [6.07, 6.45) is 1.53. The molecule has 7 heteroatoms. The lowest BCUT2D eigenvalue weighted by Crippen LogP contribution is -2.40. The molecule has 1 aromatic rings. The quantitative estimate of drug-likeness (QED) is 0.832. The predicted molar refractivity (Wildman–Crippen MR) is 67.6 cm³/mol. The number of carboxylic acid groups (broad SMARTS) is 1. The van der Waals surface area contributed by atoms with Crippen LogP contribution in [0.5, 0.6) is 0 Å². The molecule has 1 aliphatic heterocycles. The Bertz CT molecular complexity index is 446. The smallest absolute Gasteiger partial charge is 0.310 e. The topological polar surface area (TPSA) is 80.5 Å². The lowest BCUT2D eigenvalue weighted by molar-refractivity contribution is -0.143. The standard InChI is InChI=1S/C12H20N4O3/c1-8(2)16-11(13-7-14-16)4-15(3)10-6-19-5-9(10)12(17)18/h7-10H,4-6H2,1-3H3,(H,17,18). The van der Waals surface area contributed by atoms with Gasteiger partial charge in [0.25, 0.3) is 0 Å². The summed E-state index contributed by atoms with van der Waals surface area (Å²) in [5.74, 6) is -0.436. The molecule has 2 unspecified atom stereocenters. The van der Waals surface area contributed by atoms with Gasteiger partial charge in [-0.2, -0.15) is 5.10 Å². The molecule has 1 aliphatic rings. The van der Waals surface area contributed by atoms with Crippen molar-refractivity contribution in [2.75, 3.05) is 20.3 Å². The van der Waals surface area contributed by atoms with Crippen molar-refractivity contribution in [3.05, 3.63) is 12.2 Å². The van der Waals surface area contributed by atoms with Crippen LogP contribution in [0.3, 0.4) is 0 Å². The van der Waals surface area contributed by atoms with Crippen LogP contribution in [-0.4, -0.2) is 57.0 Å². The molecule has 2 rings (SSSR count). The zero-order valence-corrected chi connectivity index (χ0v) is 11.5. The fourth-order valence-corrected chi connectivity index (χ4v) is 2.37. The number of likely N-dealkylation sites (N-methyl/N-ethyl adjacent to an activating group) is 1. The van der Waals surface area contributed by atoms with Crippen molar-refractivity contribution in [3.8, 4) is 0 Å². The maximum absolute atomic E-state index is 11.2. The molecule has 1 N–H and O–H groups in total. The van der Waals surface area contributed by atoms with Crippen LogP contribution in [0.15, 0.2) is 6.33 Å². The minimum absolute atomic E-state index is 0.116. The number of nitrogens with zero attached hydrogens (tertiary/aromatic N) is 4. The first-order valence-electron chi connectivity index (χ1n) is 6.40.